The van der Waals surface area contributed by atoms with Crippen LogP contribution >= 0.6 is 0 Å². The van der Waals surface area contributed by atoms with Gasteiger partial charge in [-0.25, -0.2) is 14.0 Å². The van der Waals surface area contributed by atoms with E-state index in [9.17, 15) is 18.8 Å². The molecular formula is C24H36FN5O3. The molecule has 0 spiro atoms. The Hall–Kier alpha value is -2.84. The number of carbonyl (C=O) groups is 3. The zero-order chi connectivity index (χ0) is 23.6. The fourth-order valence-corrected chi connectivity index (χ4v) is 4.40. The number of nitrogens with one attached hydrogen (secondary N) is 3. The molecule has 1 aliphatic heterocycles. The molecule has 0 radical (unpaired) electrons. The molecule has 1 saturated carbocycles. The minimum atomic E-state index is -0.620. The molecule has 2 fully saturated rings. The highest BCUT2D eigenvalue weighted by Gasteiger charge is 2.30. The van der Waals surface area contributed by atoms with Crippen LogP contribution in [0.4, 0.5) is 14.0 Å². The first-order valence-corrected chi connectivity index (χ1v) is 12.1. The standard InChI is InChI=1S/C24H36FN5O3/c1-2-6-21(28-23(32)26-17-18-9-11-19(25)12-10-18)22(31)29-13-15-30(16-14-29)24(33)27-20-7-4-3-5-8-20/h9-12,20-21H,2-8,13-17H2,1H3,(H,27,33)(H2,26,28,32). The van der Waals surface area contributed by atoms with E-state index in [-0.39, 0.29) is 30.3 Å². The van der Waals surface area contributed by atoms with Crippen molar-refractivity contribution in [1.82, 2.24) is 25.8 Å². The van der Waals surface area contributed by atoms with Crippen molar-refractivity contribution >= 4 is 18.0 Å². The molecule has 1 aromatic carbocycles. The fourth-order valence-electron chi connectivity index (χ4n) is 4.40. The first-order valence-electron chi connectivity index (χ1n) is 12.1. The number of hydrogen-bond acceptors (Lipinski definition) is 3. The Morgan fingerprint density at radius 3 is 2.27 bits per heavy atom. The van der Waals surface area contributed by atoms with Gasteiger partial charge in [-0.1, -0.05) is 44.7 Å². The third-order valence-electron chi connectivity index (χ3n) is 6.36. The quantitative estimate of drug-likeness (QED) is 0.583. The zero-order valence-corrected chi connectivity index (χ0v) is 19.4. The third kappa shape index (κ3) is 7.61. The second-order valence-corrected chi connectivity index (χ2v) is 8.89. The Bertz CT molecular complexity index is 790. The molecule has 1 atom stereocenters. The minimum Gasteiger partial charge on any atom is -0.337 e. The molecule has 33 heavy (non-hydrogen) atoms. The molecule has 1 aliphatic carbocycles. The van der Waals surface area contributed by atoms with Gasteiger partial charge < -0.3 is 25.8 Å². The van der Waals surface area contributed by atoms with Crippen LogP contribution in [0.15, 0.2) is 24.3 Å². The maximum absolute atomic E-state index is 13.1. The highest BCUT2D eigenvalue weighted by molar-refractivity contribution is 5.87. The third-order valence-corrected chi connectivity index (χ3v) is 6.36. The van der Waals surface area contributed by atoms with E-state index in [4.69, 9.17) is 0 Å². The number of hydrogen-bond donors (Lipinski definition) is 3. The molecule has 182 valence electrons. The maximum atomic E-state index is 13.1. The van der Waals surface area contributed by atoms with E-state index in [0.717, 1.165) is 37.7 Å². The van der Waals surface area contributed by atoms with E-state index in [1.54, 1.807) is 21.9 Å². The van der Waals surface area contributed by atoms with E-state index >= 15 is 0 Å². The van der Waals surface area contributed by atoms with Gasteiger partial charge in [0.15, 0.2) is 0 Å². The van der Waals surface area contributed by atoms with Crippen LogP contribution in [0.5, 0.6) is 0 Å². The first-order chi connectivity index (χ1) is 16.0. The number of nitrogens with zero attached hydrogens (tertiary/aromatic N) is 2. The van der Waals surface area contributed by atoms with E-state index in [1.807, 2.05) is 6.92 Å². The van der Waals surface area contributed by atoms with Crippen molar-refractivity contribution < 1.29 is 18.8 Å². The Labute approximate surface area is 195 Å². The topological polar surface area (TPSA) is 93.8 Å². The van der Waals surface area contributed by atoms with Gasteiger partial charge in [0, 0.05) is 38.8 Å². The van der Waals surface area contributed by atoms with Crippen molar-refractivity contribution in [2.24, 2.45) is 0 Å². The zero-order valence-electron chi connectivity index (χ0n) is 19.4. The van der Waals surface area contributed by atoms with Gasteiger partial charge in [-0.3, -0.25) is 4.79 Å². The lowest BCUT2D eigenvalue weighted by atomic mass is 9.96. The summed E-state index contributed by atoms with van der Waals surface area (Å²) in [6.07, 6.45) is 6.93. The van der Waals surface area contributed by atoms with Crippen LogP contribution in [0.1, 0.15) is 57.4 Å². The number of urea groups is 2. The smallest absolute Gasteiger partial charge is 0.317 e. The van der Waals surface area contributed by atoms with Crippen molar-refractivity contribution in [1.29, 1.82) is 0 Å². The lowest BCUT2D eigenvalue weighted by molar-refractivity contribution is -0.134. The molecule has 5 amide bonds. The fraction of sp³-hybridized carbons (Fsp3) is 0.625. The molecule has 1 aromatic rings. The Morgan fingerprint density at radius 2 is 1.64 bits per heavy atom. The normalized spacial score (nSPS) is 17.9. The van der Waals surface area contributed by atoms with Crippen LogP contribution in [0.2, 0.25) is 0 Å². The van der Waals surface area contributed by atoms with Gasteiger partial charge in [0.2, 0.25) is 5.91 Å². The molecule has 1 unspecified atom stereocenters. The summed E-state index contributed by atoms with van der Waals surface area (Å²) in [5.41, 5.74) is 0.771. The number of carbonyl (C=O) groups excluding carboxylic acids is 3. The van der Waals surface area contributed by atoms with E-state index in [0.29, 0.717) is 32.6 Å². The summed E-state index contributed by atoms with van der Waals surface area (Å²) < 4.78 is 13.0. The van der Waals surface area contributed by atoms with Crippen LogP contribution < -0.4 is 16.0 Å². The van der Waals surface area contributed by atoms with E-state index < -0.39 is 12.1 Å². The predicted octanol–water partition coefficient (Wildman–Crippen LogP) is 2.98. The second kappa shape index (κ2) is 12.4. The highest BCUT2D eigenvalue weighted by atomic mass is 19.1. The first kappa shape index (κ1) is 24.8. The SMILES string of the molecule is CCCC(NC(=O)NCc1ccc(F)cc1)C(=O)N1CCN(C(=O)NC2CCCCC2)CC1. The second-order valence-electron chi connectivity index (χ2n) is 8.89. The molecule has 1 heterocycles. The Morgan fingerprint density at radius 1 is 1.00 bits per heavy atom. The number of benzene rings is 1. The summed E-state index contributed by atoms with van der Waals surface area (Å²) in [5.74, 6) is -0.454. The average molecular weight is 462 g/mol. The van der Waals surface area contributed by atoms with Crippen molar-refractivity contribution in [2.75, 3.05) is 26.2 Å². The van der Waals surface area contributed by atoms with Gasteiger partial charge in [-0.05, 0) is 37.0 Å². The summed E-state index contributed by atoms with van der Waals surface area (Å²) in [7, 11) is 0. The number of amides is 5. The van der Waals surface area contributed by atoms with Gasteiger partial charge in [0.1, 0.15) is 11.9 Å². The van der Waals surface area contributed by atoms with Gasteiger partial charge in [-0.15, -0.1) is 0 Å². The largest absolute Gasteiger partial charge is 0.337 e. The van der Waals surface area contributed by atoms with Crippen LogP contribution in [-0.4, -0.2) is 66.0 Å². The van der Waals surface area contributed by atoms with Gasteiger partial charge in [0.25, 0.3) is 0 Å². The molecule has 9 heteroatoms. The van der Waals surface area contributed by atoms with Crippen molar-refractivity contribution in [3.8, 4) is 0 Å². The maximum Gasteiger partial charge on any atom is 0.317 e. The number of halogens is 1. The summed E-state index contributed by atoms with van der Waals surface area (Å²) in [5, 5.41) is 8.63. The molecule has 1 saturated heterocycles. The number of rotatable bonds is 7. The lowest BCUT2D eigenvalue weighted by Crippen LogP contribution is -2.58. The molecule has 3 rings (SSSR count). The minimum absolute atomic E-state index is 0.0441. The van der Waals surface area contributed by atoms with Crippen molar-refractivity contribution in [2.45, 2.75) is 70.5 Å². The molecule has 0 bridgehead atoms. The molecule has 2 aliphatic rings. The van der Waals surface area contributed by atoms with Crippen molar-refractivity contribution in [3.05, 3.63) is 35.6 Å². The van der Waals surface area contributed by atoms with E-state index in [1.165, 1.54) is 18.6 Å². The highest BCUT2D eigenvalue weighted by Crippen LogP contribution is 2.18. The Kier molecular flexibility index (Phi) is 9.33. The van der Waals surface area contributed by atoms with Crippen molar-refractivity contribution in [3.63, 3.8) is 0 Å². The van der Waals surface area contributed by atoms with Crippen LogP contribution in [-0.2, 0) is 11.3 Å². The molecule has 8 nitrogen and oxygen atoms in total. The molecule has 0 aromatic heterocycles. The van der Waals surface area contributed by atoms with Crippen LogP contribution in [0.25, 0.3) is 0 Å². The number of piperazine rings is 1. The van der Waals surface area contributed by atoms with Gasteiger partial charge >= 0.3 is 12.1 Å². The summed E-state index contributed by atoms with van der Waals surface area (Å²) in [4.78, 5) is 41.5. The summed E-state index contributed by atoms with van der Waals surface area (Å²) >= 11 is 0. The summed E-state index contributed by atoms with van der Waals surface area (Å²) in [6, 6.07) is 5.06. The lowest BCUT2D eigenvalue weighted by Gasteiger charge is -2.37. The predicted molar refractivity (Wildman–Crippen MR) is 124 cm³/mol. The average Bonchev–Trinajstić information content (AvgIpc) is 2.83. The van der Waals surface area contributed by atoms with Crippen LogP contribution in [0.3, 0.4) is 0 Å². The van der Waals surface area contributed by atoms with Gasteiger partial charge in [-0.2, -0.15) is 0 Å². The molecular weight excluding hydrogens is 425 g/mol. The van der Waals surface area contributed by atoms with Crippen LogP contribution in [0, 0.1) is 5.82 Å². The monoisotopic (exact) mass is 461 g/mol. The van der Waals surface area contributed by atoms with E-state index in [2.05, 4.69) is 16.0 Å². The van der Waals surface area contributed by atoms with Gasteiger partial charge in [0.05, 0.1) is 0 Å². The Balaban J connectivity index is 1.44. The molecule has 3 N–H and O–H groups in total. The summed E-state index contributed by atoms with van der Waals surface area (Å²) in [6.45, 7) is 4.09.